The Labute approximate surface area is 106 Å². The van der Waals surface area contributed by atoms with Crippen molar-refractivity contribution >= 4 is 0 Å². The first kappa shape index (κ1) is 11.8. The minimum atomic E-state index is -1.02. The molecule has 1 unspecified atom stereocenters. The number of halogens is 1. The third-order valence-corrected chi connectivity index (χ3v) is 3.91. The summed E-state index contributed by atoms with van der Waals surface area (Å²) in [5, 5.41) is 0. The number of ether oxygens (including phenoxy) is 2. The van der Waals surface area contributed by atoms with Crippen molar-refractivity contribution in [2.75, 3.05) is 13.2 Å². The second kappa shape index (κ2) is 4.12. The molecule has 0 aromatic heterocycles. The van der Waals surface area contributed by atoms with Crippen LogP contribution in [0.2, 0.25) is 0 Å². The molecule has 98 valence electrons. The fourth-order valence-electron chi connectivity index (χ4n) is 2.60. The number of fused-ring (bicyclic) bond motifs is 1. The summed E-state index contributed by atoms with van der Waals surface area (Å²) in [5.41, 5.74) is 7.52. The fourth-order valence-corrected chi connectivity index (χ4v) is 2.60. The Kier molecular flexibility index (Phi) is 2.70. The van der Waals surface area contributed by atoms with Gasteiger partial charge < -0.3 is 15.2 Å². The second-order valence-corrected chi connectivity index (χ2v) is 5.22. The first-order valence-corrected chi connectivity index (χ1v) is 6.47. The molecule has 2 aliphatic rings. The Morgan fingerprint density at radius 1 is 1.28 bits per heavy atom. The highest BCUT2D eigenvalue weighted by Crippen LogP contribution is 2.48. The molecule has 0 radical (unpaired) electrons. The van der Waals surface area contributed by atoms with Crippen molar-refractivity contribution in [1.82, 2.24) is 0 Å². The van der Waals surface area contributed by atoms with Gasteiger partial charge in [-0.05, 0) is 43.9 Å². The lowest BCUT2D eigenvalue weighted by Crippen LogP contribution is -2.44. The molecule has 1 saturated carbocycles. The van der Waals surface area contributed by atoms with Gasteiger partial charge in [0.05, 0.1) is 0 Å². The molecular weight excluding hydrogens is 233 g/mol. The largest absolute Gasteiger partial charge is 0.486 e. The van der Waals surface area contributed by atoms with Crippen LogP contribution in [0.15, 0.2) is 12.1 Å². The number of alkyl halides is 1. The highest BCUT2D eigenvalue weighted by atomic mass is 19.1. The van der Waals surface area contributed by atoms with E-state index in [4.69, 9.17) is 15.2 Å². The summed E-state index contributed by atoms with van der Waals surface area (Å²) >= 11 is 0. The summed E-state index contributed by atoms with van der Waals surface area (Å²) in [6, 6.07) is 3.57. The Bertz CT molecular complexity index is 469. The van der Waals surface area contributed by atoms with E-state index in [9.17, 15) is 4.39 Å². The van der Waals surface area contributed by atoms with Crippen LogP contribution in [0.5, 0.6) is 11.5 Å². The van der Waals surface area contributed by atoms with E-state index < -0.39 is 6.17 Å². The second-order valence-electron chi connectivity index (χ2n) is 5.22. The maximum atomic E-state index is 13.6. The van der Waals surface area contributed by atoms with Crippen LogP contribution in [0.4, 0.5) is 4.39 Å². The van der Waals surface area contributed by atoms with Crippen LogP contribution in [-0.4, -0.2) is 13.2 Å². The molecule has 1 aliphatic heterocycles. The molecule has 1 heterocycles. The predicted octanol–water partition coefficient (Wildman–Crippen LogP) is 2.83. The van der Waals surface area contributed by atoms with Gasteiger partial charge in [0.2, 0.25) is 0 Å². The topological polar surface area (TPSA) is 44.5 Å². The average molecular weight is 251 g/mol. The quantitative estimate of drug-likeness (QED) is 0.879. The van der Waals surface area contributed by atoms with E-state index in [2.05, 4.69) is 0 Å². The van der Waals surface area contributed by atoms with Crippen molar-refractivity contribution in [1.29, 1.82) is 0 Å². The zero-order chi connectivity index (χ0) is 12.8. The van der Waals surface area contributed by atoms with Crippen LogP contribution in [0.3, 0.4) is 0 Å². The van der Waals surface area contributed by atoms with Crippen molar-refractivity contribution in [3.63, 3.8) is 0 Å². The maximum absolute atomic E-state index is 13.6. The van der Waals surface area contributed by atoms with Crippen LogP contribution in [0.25, 0.3) is 0 Å². The fraction of sp³-hybridized carbons (Fsp3) is 0.571. The molecule has 18 heavy (non-hydrogen) atoms. The first-order valence-electron chi connectivity index (χ1n) is 6.47. The summed E-state index contributed by atoms with van der Waals surface area (Å²) in [7, 11) is 0. The normalized spacial score (nSPS) is 22.2. The lowest BCUT2D eigenvalue weighted by Gasteiger charge is -2.40. The molecule has 0 spiro atoms. The molecule has 1 atom stereocenters. The lowest BCUT2D eigenvalue weighted by atomic mass is 9.72. The van der Waals surface area contributed by atoms with E-state index in [1.165, 1.54) is 6.92 Å². The summed E-state index contributed by atoms with van der Waals surface area (Å²) in [6.45, 7) is 2.56. The average Bonchev–Trinajstić information content (AvgIpc) is 2.34. The van der Waals surface area contributed by atoms with E-state index >= 15 is 0 Å². The number of benzene rings is 1. The van der Waals surface area contributed by atoms with Gasteiger partial charge in [-0.15, -0.1) is 0 Å². The summed E-state index contributed by atoms with van der Waals surface area (Å²) in [6.07, 6.45) is 1.93. The molecule has 1 fully saturated rings. The molecular formula is C14H18FNO2. The van der Waals surface area contributed by atoms with Gasteiger partial charge in [0, 0.05) is 11.1 Å². The molecule has 2 N–H and O–H groups in total. The Balaban J connectivity index is 2.12. The highest BCUT2D eigenvalue weighted by molar-refractivity contribution is 5.54. The van der Waals surface area contributed by atoms with Gasteiger partial charge in [0.1, 0.15) is 19.4 Å². The minimum Gasteiger partial charge on any atom is -0.486 e. The molecule has 0 saturated heterocycles. The molecule has 3 rings (SSSR count). The zero-order valence-electron chi connectivity index (χ0n) is 10.5. The van der Waals surface area contributed by atoms with Crippen molar-refractivity contribution in [3.8, 4) is 11.5 Å². The van der Waals surface area contributed by atoms with Crippen LogP contribution >= 0.6 is 0 Å². The van der Waals surface area contributed by atoms with Crippen molar-refractivity contribution in [2.24, 2.45) is 5.73 Å². The van der Waals surface area contributed by atoms with Crippen molar-refractivity contribution in [3.05, 3.63) is 23.3 Å². The van der Waals surface area contributed by atoms with E-state index in [0.29, 0.717) is 30.3 Å². The van der Waals surface area contributed by atoms with Crippen LogP contribution in [-0.2, 0) is 5.54 Å². The molecule has 4 heteroatoms. The number of nitrogens with two attached hydrogens (primary N) is 1. The van der Waals surface area contributed by atoms with Gasteiger partial charge in [-0.2, -0.15) is 0 Å². The highest BCUT2D eigenvalue weighted by Gasteiger charge is 2.39. The Morgan fingerprint density at radius 3 is 2.61 bits per heavy atom. The maximum Gasteiger partial charge on any atom is 0.166 e. The lowest BCUT2D eigenvalue weighted by molar-refractivity contribution is 0.159. The van der Waals surface area contributed by atoms with E-state index in [0.717, 1.165) is 24.8 Å². The van der Waals surface area contributed by atoms with Gasteiger partial charge in [-0.1, -0.05) is 0 Å². The van der Waals surface area contributed by atoms with Crippen LogP contribution < -0.4 is 15.2 Å². The van der Waals surface area contributed by atoms with E-state index in [1.807, 2.05) is 6.07 Å². The van der Waals surface area contributed by atoms with Crippen LogP contribution in [0, 0.1) is 0 Å². The summed E-state index contributed by atoms with van der Waals surface area (Å²) < 4.78 is 24.8. The third kappa shape index (κ3) is 1.75. The SMILES string of the molecule is CC(F)c1cc2c(c(C3(N)CCC3)c1)OCCO2. The Morgan fingerprint density at radius 2 is 2.00 bits per heavy atom. The Hall–Kier alpha value is -1.29. The minimum absolute atomic E-state index is 0.365. The van der Waals surface area contributed by atoms with Crippen molar-refractivity contribution < 1.29 is 13.9 Å². The standard InChI is InChI=1S/C14H18FNO2/c1-9(15)10-7-11(14(16)3-2-4-14)13-12(8-10)17-5-6-18-13/h7-9H,2-6,16H2,1H3. The molecule has 3 nitrogen and oxygen atoms in total. The molecule has 0 bridgehead atoms. The predicted molar refractivity (Wildman–Crippen MR) is 66.7 cm³/mol. The van der Waals surface area contributed by atoms with Gasteiger partial charge in [-0.25, -0.2) is 4.39 Å². The third-order valence-electron chi connectivity index (χ3n) is 3.91. The molecule has 1 aromatic carbocycles. The number of hydrogen-bond acceptors (Lipinski definition) is 3. The van der Waals surface area contributed by atoms with Gasteiger partial charge in [-0.3, -0.25) is 0 Å². The van der Waals surface area contributed by atoms with Crippen LogP contribution in [0.1, 0.15) is 43.5 Å². The molecule has 1 aromatic rings. The van der Waals surface area contributed by atoms with Gasteiger partial charge in [0.15, 0.2) is 11.5 Å². The number of rotatable bonds is 2. The van der Waals surface area contributed by atoms with Crippen molar-refractivity contribution in [2.45, 2.75) is 37.9 Å². The number of hydrogen-bond donors (Lipinski definition) is 1. The summed E-state index contributed by atoms with van der Waals surface area (Å²) in [5.74, 6) is 1.35. The molecule has 1 aliphatic carbocycles. The van der Waals surface area contributed by atoms with Gasteiger partial charge >= 0.3 is 0 Å². The molecule has 0 amide bonds. The van der Waals surface area contributed by atoms with Gasteiger partial charge in [0.25, 0.3) is 0 Å². The summed E-state index contributed by atoms with van der Waals surface area (Å²) in [4.78, 5) is 0. The first-order chi connectivity index (χ1) is 8.60. The smallest absolute Gasteiger partial charge is 0.166 e. The van der Waals surface area contributed by atoms with E-state index in [-0.39, 0.29) is 5.54 Å². The van der Waals surface area contributed by atoms with E-state index in [1.54, 1.807) is 6.07 Å². The zero-order valence-corrected chi connectivity index (χ0v) is 10.5. The monoisotopic (exact) mass is 251 g/mol.